The number of hydrogen-bond donors (Lipinski definition) is 0. The van der Waals surface area contributed by atoms with Crippen molar-refractivity contribution >= 4 is 17.6 Å². The lowest BCUT2D eigenvalue weighted by Gasteiger charge is -2.10. The predicted octanol–water partition coefficient (Wildman–Crippen LogP) is 4.48. The van der Waals surface area contributed by atoms with E-state index in [2.05, 4.69) is 18.4 Å². The Morgan fingerprint density at radius 2 is 1.85 bits per heavy atom. The Bertz CT molecular complexity index is 627. The summed E-state index contributed by atoms with van der Waals surface area (Å²) in [5, 5.41) is 0.674. The first-order valence-electron chi connectivity index (χ1n) is 6.51. The van der Waals surface area contributed by atoms with Gasteiger partial charge in [-0.2, -0.15) is 0 Å². The summed E-state index contributed by atoms with van der Waals surface area (Å²) < 4.78 is 7.00. The van der Waals surface area contributed by atoms with Gasteiger partial charge < -0.3 is 9.30 Å². The van der Waals surface area contributed by atoms with Crippen LogP contribution < -0.4 is 0 Å². The van der Waals surface area contributed by atoms with Crippen molar-refractivity contribution in [1.82, 2.24) is 4.57 Å². The second kappa shape index (κ2) is 5.71. The summed E-state index contributed by atoms with van der Waals surface area (Å²) in [5.41, 5.74) is 3.36. The third kappa shape index (κ3) is 2.59. The Kier molecular flexibility index (Phi) is 4.19. The fraction of sp³-hybridized carbons (Fsp3) is 0.312. The summed E-state index contributed by atoms with van der Waals surface area (Å²) in [6, 6.07) is 7.74. The smallest absolute Gasteiger partial charge is 0.340 e. The number of nitrogens with zero attached hydrogens (tertiary/aromatic N) is 1. The number of hydrogen-bond acceptors (Lipinski definition) is 2. The fourth-order valence-electron chi connectivity index (χ4n) is 2.37. The number of methoxy groups -OCH3 is 1. The van der Waals surface area contributed by atoms with Crippen LogP contribution in [-0.4, -0.2) is 17.6 Å². The van der Waals surface area contributed by atoms with Crippen molar-refractivity contribution in [3.8, 4) is 11.1 Å². The van der Waals surface area contributed by atoms with Gasteiger partial charge in [-0.3, -0.25) is 0 Å². The first kappa shape index (κ1) is 14.7. The standard InChI is InChI=1S/C16H18ClNO2/c1-10(2)18-9-14(12-5-7-13(17)8-6-12)15(11(18)3)16(19)20-4/h5-10H,1-4H3. The van der Waals surface area contributed by atoms with Crippen molar-refractivity contribution in [2.45, 2.75) is 26.8 Å². The number of carbonyl (C=O) groups excluding carboxylic acids is 1. The second-order valence-electron chi connectivity index (χ2n) is 5.00. The fourth-order valence-corrected chi connectivity index (χ4v) is 2.49. The number of esters is 1. The zero-order valence-electron chi connectivity index (χ0n) is 12.1. The highest BCUT2D eigenvalue weighted by atomic mass is 35.5. The molecule has 3 nitrogen and oxygen atoms in total. The van der Waals surface area contributed by atoms with Gasteiger partial charge in [0.05, 0.1) is 12.7 Å². The maximum atomic E-state index is 12.1. The van der Waals surface area contributed by atoms with Gasteiger partial charge in [0.15, 0.2) is 0 Å². The zero-order chi connectivity index (χ0) is 14.9. The van der Waals surface area contributed by atoms with Gasteiger partial charge in [-0.05, 0) is 38.5 Å². The van der Waals surface area contributed by atoms with Gasteiger partial charge >= 0.3 is 5.97 Å². The molecule has 2 aromatic rings. The van der Waals surface area contributed by atoms with Crippen molar-refractivity contribution in [2.75, 3.05) is 7.11 Å². The maximum Gasteiger partial charge on any atom is 0.340 e. The Morgan fingerprint density at radius 1 is 1.25 bits per heavy atom. The lowest BCUT2D eigenvalue weighted by molar-refractivity contribution is 0.0600. The number of benzene rings is 1. The van der Waals surface area contributed by atoms with Crippen LogP contribution in [0.3, 0.4) is 0 Å². The molecule has 0 N–H and O–H groups in total. The summed E-state index contributed by atoms with van der Waals surface area (Å²) in [4.78, 5) is 12.1. The van der Waals surface area contributed by atoms with Gasteiger partial charge in [0, 0.05) is 28.5 Å². The van der Waals surface area contributed by atoms with Crippen LogP contribution in [0.4, 0.5) is 0 Å². The lowest BCUT2D eigenvalue weighted by Crippen LogP contribution is -2.07. The van der Waals surface area contributed by atoms with E-state index in [0.717, 1.165) is 16.8 Å². The van der Waals surface area contributed by atoms with Gasteiger partial charge in [-0.25, -0.2) is 4.79 Å². The van der Waals surface area contributed by atoms with Crippen LogP contribution in [0.25, 0.3) is 11.1 Å². The topological polar surface area (TPSA) is 31.2 Å². The average Bonchev–Trinajstić information content (AvgIpc) is 2.76. The summed E-state index contributed by atoms with van der Waals surface area (Å²) in [7, 11) is 1.40. The highest BCUT2D eigenvalue weighted by Gasteiger charge is 2.21. The maximum absolute atomic E-state index is 12.1. The summed E-state index contributed by atoms with van der Waals surface area (Å²) >= 11 is 5.92. The largest absolute Gasteiger partial charge is 0.465 e. The molecule has 2 rings (SSSR count). The molecule has 0 aliphatic carbocycles. The normalized spacial score (nSPS) is 10.9. The van der Waals surface area contributed by atoms with Crippen molar-refractivity contribution in [2.24, 2.45) is 0 Å². The van der Waals surface area contributed by atoms with E-state index in [1.165, 1.54) is 7.11 Å². The third-order valence-corrected chi connectivity index (χ3v) is 3.64. The van der Waals surface area contributed by atoms with E-state index in [9.17, 15) is 4.79 Å². The van der Waals surface area contributed by atoms with E-state index in [-0.39, 0.29) is 12.0 Å². The molecule has 1 aromatic heterocycles. The summed E-state index contributed by atoms with van der Waals surface area (Å²) in [6.07, 6.45) is 2.00. The molecule has 0 radical (unpaired) electrons. The molecule has 0 unspecified atom stereocenters. The number of carbonyl (C=O) groups is 1. The molecule has 0 fully saturated rings. The molecule has 0 bridgehead atoms. The van der Waals surface area contributed by atoms with E-state index in [1.54, 1.807) is 0 Å². The number of aromatic nitrogens is 1. The van der Waals surface area contributed by atoms with Crippen LogP contribution in [0.2, 0.25) is 5.02 Å². The van der Waals surface area contributed by atoms with Crippen LogP contribution in [0.1, 0.15) is 35.9 Å². The van der Waals surface area contributed by atoms with Gasteiger partial charge in [-0.15, -0.1) is 0 Å². The molecule has 20 heavy (non-hydrogen) atoms. The van der Waals surface area contributed by atoms with E-state index in [4.69, 9.17) is 16.3 Å². The zero-order valence-corrected chi connectivity index (χ0v) is 12.9. The number of ether oxygens (including phenoxy) is 1. The molecule has 0 saturated heterocycles. The van der Waals surface area contributed by atoms with Gasteiger partial charge in [-0.1, -0.05) is 23.7 Å². The van der Waals surface area contributed by atoms with E-state index < -0.39 is 0 Å². The van der Waals surface area contributed by atoms with Gasteiger partial charge in [0.25, 0.3) is 0 Å². The van der Waals surface area contributed by atoms with Crippen LogP contribution in [0, 0.1) is 6.92 Å². The average molecular weight is 292 g/mol. The molecule has 0 spiro atoms. The SMILES string of the molecule is COC(=O)c1c(-c2ccc(Cl)cc2)cn(C(C)C)c1C. The molecular formula is C16H18ClNO2. The monoisotopic (exact) mass is 291 g/mol. The van der Waals surface area contributed by atoms with Crippen molar-refractivity contribution in [3.05, 3.63) is 46.7 Å². The van der Waals surface area contributed by atoms with Crippen LogP contribution in [-0.2, 0) is 4.74 Å². The Hall–Kier alpha value is -1.74. The lowest BCUT2D eigenvalue weighted by atomic mass is 10.0. The van der Waals surface area contributed by atoms with E-state index >= 15 is 0 Å². The van der Waals surface area contributed by atoms with Gasteiger partial charge in [0.2, 0.25) is 0 Å². The molecular weight excluding hydrogens is 274 g/mol. The Balaban J connectivity index is 2.64. The molecule has 1 aromatic carbocycles. The minimum Gasteiger partial charge on any atom is -0.465 e. The molecule has 4 heteroatoms. The van der Waals surface area contributed by atoms with E-state index in [0.29, 0.717) is 10.6 Å². The van der Waals surface area contributed by atoms with Crippen molar-refractivity contribution in [3.63, 3.8) is 0 Å². The Labute approximate surface area is 124 Å². The Morgan fingerprint density at radius 3 is 2.35 bits per heavy atom. The molecule has 0 aliphatic rings. The molecule has 0 amide bonds. The highest BCUT2D eigenvalue weighted by molar-refractivity contribution is 6.30. The van der Waals surface area contributed by atoms with Crippen molar-refractivity contribution in [1.29, 1.82) is 0 Å². The van der Waals surface area contributed by atoms with Crippen LogP contribution >= 0.6 is 11.6 Å². The number of rotatable bonds is 3. The molecule has 0 saturated carbocycles. The van der Waals surface area contributed by atoms with Crippen LogP contribution in [0.15, 0.2) is 30.5 Å². The van der Waals surface area contributed by atoms with Gasteiger partial charge in [0.1, 0.15) is 0 Å². The van der Waals surface area contributed by atoms with E-state index in [1.807, 2.05) is 37.4 Å². The quantitative estimate of drug-likeness (QED) is 0.781. The first-order chi connectivity index (χ1) is 9.45. The highest BCUT2D eigenvalue weighted by Crippen LogP contribution is 2.31. The third-order valence-electron chi connectivity index (χ3n) is 3.39. The predicted molar refractivity (Wildman–Crippen MR) is 81.3 cm³/mol. The molecule has 0 aliphatic heterocycles. The summed E-state index contributed by atoms with van der Waals surface area (Å²) in [6.45, 7) is 6.10. The minimum atomic E-state index is -0.313. The second-order valence-corrected chi connectivity index (χ2v) is 5.44. The molecule has 106 valence electrons. The molecule has 1 heterocycles. The summed E-state index contributed by atoms with van der Waals surface area (Å²) in [5.74, 6) is -0.313. The minimum absolute atomic E-state index is 0.277. The van der Waals surface area contributed by atoms with Crippen LogP contribution in [0.5, 0.6) is 0 Å². The number of halogens is 1. The van der Waals surface area contributed by atoms with Crippen molar-refractivity contribution < 1.29 is 9.53 Å². The molecule has 0 atom stereocenters. The first-order valence-corrected chi connectivity index (χ1v) is 6.89.